The van der Waals surface area contributed by atoms with Crippen molar-refractivity contribution < 1.29 is 4.79 Å². The number of hydrogen-bond acceptors (Lipinski definition) is 3. The second-order valence-corrected chi connectivity index (χ2v) is 6.13. The fourth-order valence-corrected chi connectivity index (χ4v) is 2.94. The van der Waals surface area contributed by atoms with Gasteiger partial charge in [-0.05, 0) is 30.7 Å². The molecule has 0 aliphatic rings. The van der Waals surface area contributed by atoms with E-state index in [0.29, 0.717) is 5.56 Å². The van der Waals surface area contributed by atoms with Crippen LogP contribution in [0.5, 0.6) is 0 Å². The van der Waals surface area contributed by atoms with E-state index in [2.05, 4.69) is 34.3 Å². The van der Waals surface area contributed by atoms with Crippen LogP contribution in [0.4, 0.5) is 0 Å². The molecule has 4 rings (SSSR count). The van der Waals surface area contributed by atoms with Crippen LogP contribution in [0.25, 0.3) is 17.1 Å². The monoisotopic (exact) mass is 342 g/mol. The van der Waals surface area contributed by atoms with Crippen molar-refractivity contribution in [1.82, 2.24) is 19.3 Å². The molecule has 0 N–H and O–H groups in total. The number of imidazole rings is 1. The molecule has 0 fully saturated rings. The molecule has 2 aromatic heterocycles. The van der Waals surface area contributed by atoms with Crippen molar-refractivity contribution in [1.29, 1.82) is 0 Å². The lowest BCUT2D eigenvalue weighted by Gasteiger charge is -2.10. The van der Waals surface area contributed by atoms with Crippen molar-refractivity contribution >= 4 is 5.78 Å². The smallest absolute Gasteiger partial charge is 0.159 e. The van der Waals surface area contributed by atoms with Crippen LogP contribution in [-0.2, 0) is 6.54 Å². The molecule has 128 valence electrons. The highest BCUT2D eigenvalue weighted by atomic mass is 16.1. The quantitative estimate of drug-likeness (QED) is 0.515. The number of carbonyl (C=O) groups excluding carboxylic acids is 1. The Morgan fingerprint density at radius 1 is 1.00 bits per heavy atom. The minimum atomic E-state index is 0.0523. The summed E-state index contributed by atoms with van der Waals surface area (Å²) in [7, 11) is 0. The van der Waals surface area contributed by atoms with Crippen molar-refractivity contribution in [2.24, 2.45) is 0 Å². The first-order valence-corrected chi connectivity index (χ1v) is 8.42. The van der Waals surface area contributed by atoms with Gasteiger partial charge in [0.2, 0.25) is 0 Å². The van der Waals surface area contributed by atoms with E-state index in [4.69, 9.17) is 0 Å². The maximum Gasteiger partial charge on any atom is 0.159 e. The summed E-state index contributed by atoms with van der Waals surface area (Å²) in [6.07, 6.45) is 7.41. The number of nitrogens with zero attached hydrogens (tertiary/aromatic N) is 4. The Kier molecular flexibility index (Phi) is 4.19. The fourth-order valence-electron chi connectivity index (χ4n) is 2.94. The van der Waals surface area contributed by atoms with Crippen LogP contribution in [0.1, 0.15) is 22.8 Å². The highest BCUT2D eigenvalue weighted by molar-refractivity contribution is 5.94. The standard InChI is InChI=1S/C21H18N4O/c1-16(26)19-4-2-5-20(14-19)25-13-11-22-21(25)18-8-6-17(7-9-18)15-24-12-3-10-23-24/h2-14H,15H2,1H3. The number of aromatic nitrogens is 4. The molecule has 0 saturated carbocycles. The lowest BCUT2D eigenvalue weighted by Crippen LogP contribution is -2.01. The molecular weight excluding hydrogens is 324 g/mol. The first kappa shape index (κ1) is 16.0. The number of carbonyl (C=O) groups is 1. The third-order valence-electron chi connectivity index (χ3n) is 4.29. The van der Waals surface area contributed by atoms with Crippen molar-refractivity contribution in [2.45, 2.75) is 13.5 Å². The van der Waals surface area contributed by atoms with Crippen LogP contribution in [0.15, 0.2) is 79.4 Å². The highest BCUT2D eigenvalue weighted by Crippen LogP contribution is 2.23. The van der Waals surface area contributed by atoms with Gasteiger partial charge >= 0.3 is 0 Å². The zero-order valence-corrected chi connectivity index (χ0v) is 14.4. The van der Waals surface area contributed by atoms with Crippen LogP contribution in [0.3, 0.4) is 0 Å². The Bertz CT molecular complexity index is 1030. The van der Waals surface area contributed by atoms with E-state index < -0.39 is 0 Å². The van der Waals surface area contributed by atoms with Crippen molar-refractivity contribution in [3.8, 4) is 17.1 Å². The van der Waals surface area contributed by atoms with Gasteiger partial charge in [-0.2, -0.15) is 5.10 Å². The van der Waals surface area contributed by atoms with E-state index in [1.165, 1.54) is 5.56 Å². The minimum Gasteiger partial charge on any atom is -0.300 e. The molecule has 5 heteroatoms. The van der Waals surface area contributed by atoms with Gasteiger partial charge in [0.05, 0.1) is 6.54 Å². The summed E-state index contributed by atoms with van der Waals surface area (Å²) < 4.78 is 3.89. The van der Waals surface area contributed by atoms with Gasteiger partial charge in [0, 0.05) is 41.6 Å². The SMILES string of the molecule is CC(=O)c1cccc(-n2ccnc2-c2ccc(Cn3cccn3)cc2)c1. The number of hydrogen-bond donors (Lipinski definition) is 0. The van der Waals surface area contributed by atoms with Gasteiger partial charge in [-0.25, -0.2) is 4.98 Å². The second-order valence-electron chi connectivity index (χ2n) is 6.13. The average molecular weight is 342 g/mol. The lowest BCUT2D eigenvalue weighted by atomic mass is 10.1. The molecule has 0 spiro atoms. The normalized spacial score (nSPS) is 10.8. The Labute approximate surface area is 151 Å². The first-order chi connectivity index (χ1) is 12.7. The van der Waals surface area contributed by atoms with Crippen LogP contribution in [0, 0.1) is 0 Å². The van der Waals surface area contributed by atoms with Crippen LogP contribution in [0.2, 0.25) is 0 Å². The van der Waals surface area contributed by atoms with E-state index >= 15 is 0 Å². The van der Waals surface area contributed by atoms with Gasteiger partial charge in [0.15, 0.2) is 5.78 Å². The Morgan fingerprint density at radius 2 is 1.85 bits per heavy atom. The van der Waals surface area contributed by atoms with E-state index in [1.807, 2.05) is 52.0 Å². The summed E-state index contributed by atoms with van der Waals surface area (Å²) in [6.45, 7) is 2.31. The van der Waals surface area contributed by atoms with Gasteiger partial charge in [-0.3, -0.25) is 14.0 Å². The third-order valence-corrected chi connectivity index (χ3v) is 4.29. The van der Waals surface area contributed by atoms with E-state index in [9.17, 15) is 4.79 Å². The molecule has 4 aromatic rings. The predicted molar refractivity (Wildman–Crippen MR) is 100 cm³/mol. The number of Topliss-reactive ketones (excluding diaryl/α,β-unsaturated/α-hetero) is 1. The van der Waals surface area contributed by atoms with Gasteiger partial charge in [0.25, 0.3) is 0 Å². The van der Waals surface area contributed by atoms with E-state index in [-0.39, 0.29) is 5.78 Å². The van der Waals surface area contributed by atoms with Gasteiger partial charge in [0.1, 0.15) is 5.82 Å². The molecule has 0 saturated heterocycles. The van der Waals surface area contributed by atoms with Crippen LogP contribution in [-0.4, -0.2) is 25.1 Å². The van der Waals surface area contributed by atoms with Gasteiger partial charge < -0.3 is 0 Å². The van der Waals surface area contributed by atoms with Crippen LogP contribution < -0.4 is 0 Å². The molecule has 0 radical (unpaired) electrons. The molecule has 0 aliphatic heterocycles. The zero-order valence-electron chi connectivity index (χ0n) is 14.4. The Morgan fingerprint density at radius 3 is 2.58 bits per heavy atom. The average Bonchev–Trinajstić information content (AvgIpc) is 3.34. The molecule has 2 aromatic carbocycles. The van der Waals surface area contributed by atoms with Crippen LogP contribution >= 0.6 is 0 Å². The Hall–Kier alpha value is -3.47. The summed E-state index contributed by atoms with van der Waals surface area (Å²) in [5.41, 5.74) is 3.81. The lowest BCUT2D eigenvalue weighted by molar-refractivity contribution is 0.101. The largest absolute Gasteiger partial charge is 0.300 e. The summed E-state index contributed by atoms with van der Waals surface area (Å²) in [5, 5.41) is 4.23. The second kappa shape index (κ2) is 6.80. The summed E-state index contributed by atoms with van der Waals surface area (Å²) >= 11 is 0. The van der Waals surface area contributed by atoms with E-state index in [1.54, 1.807) is 19.3 Å². The molecule has 0 bridgehead atoms. The number of ketones is 1. The topological polar surface area (TPSA) is 52.7 Å². The number of rotatable bonds is 5. The fraction of sp³-hybridized carbons (Fsp3) is 0.0952. The summed E-state index contributed by atoms with van der Waals surface area (Å²) in [4.78, 5) is 16.2. The maximum atomic E-state index is 11.7. The molecule has 0 unspecified atom stereocenters. The Balaban J connectivity index is 1.64. The molecular formula is C21H18N4O. The molecule has 0 amide bonds. The zero-order chi connectivity index (χ0) is 17.9. The summed E-state index contributed by atoms with van der Waals surface area (Å²) in [5.74, 6) is 0.896. The van der Waals surface area contributed by atoms with Gasteiger partial charge in [-0.15, -0.1) is 0 Å². The molecule has 2 heterocycles. The predicted octanol–water partition coefficient (Wildman–Crippen LogP) is 3.99. The summed E-state index contributed by atoms with van der Waals surface area (Å²) in [6, 6.07) is 17.8. The first-order valence-electron chi connectivity index (χ1n) is 8.42. The molecule has 5 nitrogen and oxygen atoms in total. The molecule has 26 heavy (non-hydrogen) atoms. The minimum absolute atomic E-state index is 0.0523. The van der Waals surface area contributed by atoms with E-state index in [0.717, 1.165) is 23.6 Å². The van der Waals surface area contributed by atoms with Crippen molar-refractivity contribution in [3.63, 3.8) is 0 Å². The van der Waals surface area contributed by atoms with Crippen molar-refractivity contribution in [2.75, 3.05) is 0 Å². The number of benzene rings is 2. The van der Waals surface area contributed by atoms with Crippen molar-refractivity contribution in [3.05, 3.63) is 90.5 Å². The molecule has 0 atom stereocenters. The molecule has 0 aliphatic carbocycles. The maximum absolute atomic E-state index is 11.7. The highest BCUT2D eigenvalue weighted by Gasteiger charge is 2.09. The third kappa shape index (κ3) is 3.19. The van der Waals surface area contributed by atoms with Gasteiger partial charge in [-0.1, -0.05) is 36.4 Å².